The van der Waals surface area contributed by atoms with Crippen molar-refractivity contribution in [2.24, 2.45) is 0 Å². The highest BCUT2D eigenvalue weighted by molar-refractivity contribution is 5.93. The van der Waals surface area contributed by atoms with Gasteiger partial charge in [-0.15, -0.1) is 0 Å². The van der Waals surface area contributed by atoms with E-state index in [2.05, 4.69) is 10.4 Å². The van der Waals surface area contributed by atoms with Gasteiger partial charge in [0.25, 0.3) is 5.91 Å². The molecule has 3 rings (SSSR count). The first-order valence-corrected chi connectivity index (χ1v) is 9.67. The van der Waals surface area contributed by atoms with Crippen LogP contribution in [0.15, 0.2) is 72.9 Å². The molecule has 1 amide bonds. The third-order valence-corrected chi connectivity index (χ3v) is 4.89. The van der Waals surface area contributed by atoms with E-state index in [4.69, 9.17) is 9.47 Å². The van der Waals surface area contributed by atoms with Crippen molar-refractivity contribution in [3.8, 4) is 0 Å². The number of amides is 1. The molecule has 1 aromatic heterocycles. The minimum atomic E-state index is -0.677. The van der Waals surface area contributed by atoms with Gasteiger partial charge >= 0.3 is 0 Å². The Morgan fingerprint density at radius 3 is 2.17 bits per heavy atom. The van der Waals surface area contributed by atoms with Gasteiger partial charge in [0, 0.05) is 13.3 Å². The molecular weight excluding hydrogens is 366 g/mol. The second kappa shape index (κ2) is 10.0. The number of hydrogen-bond donors (Lipinski definition) is 1. The molecule has 6 nitrogen and oxygen atoms in total. The fraction of sp³-hybridized carbons (Fsp3) is 0.304. The second-order valence-corrected chi connectivity index (χ2v) is 6.86. The third-order valence-electron chi connectivity index (χ3n) is 4.89. The number of methoxy groups -OCH3 is 1. The summed E-state index contributed by atoms with van der Waals surface area (Å²) in [7, 11) is 1.63. The number of rotatable bonds is 10. The summed E-state index contributed by atoms with van der Waals surface area (Å²) in [6.07, 6.45) is 1.63. The van der Waals surface area contributed by atoms with Crippen LogP contribution in [0.25, 0.3) is 0 Å². The molecule has 1 N–H and O–H groups in total. The third kappa shape index (κ3) is 5.10. The van der Waals surface area contributed by atoms with E-state index in [0.29, 0.717) is 32.1 Å². The molecule has 2 aromatic carbocycles. The highest BCUT2D eigenvalue weighted by Gasteiger charge is 2.31. The minimum Gasteiger partial charge on any atom is -0.382 e. The van der Waals surface area contributed by atoms with Crippen molar-refractivity contribution in [3.63, 3.8) is 0 Å². The standard InChI is InChI=1S/C23H27N3O3/c1-23(19-9-5-3-6-10-19,20-11-7-4-8-12-20)25-22(27)21-13-14-24-26(21)15-16-29-18-17-28-2/h3-14H,15-18H2,1-2H3,(H,25,27). The van der Waals surface area contributed by atoms with Gasteiger partial charge in [0.2, 0.25) is 0 Å². The van der Waals surface area contributed by atoms with E-state index in [1.165, 1.54) is 0 Å². The summed E-state index contributed by atoms with van der Waals surface area (Å²) in [6, 6.07) is 21.7. The normalized spacial score (nSPS) is 11.4. The van der Waals surface area contributed by atoms with Crippen molar-refractivity contribution in [1.82, 2.24) is 15.1 Å². The molecule has 29 heavy (non-hydrogen) atoms. The summed E-state index contributed by atoms with van der Waals surface area (Å²) >= 11 is 0. The van der Waals surface area contributed by atoms with Crippen LogP contribution in [0.1, 0.15) is 28.5 Å². The lowest BCUT2D eigenvalue weighted by molar-refractivity contribution is 0.0646. The van der Waals surface area contributed by atoms with Gasteiger partial charge in [0.1, 0.15) is 5.69 Å². The highest BCUT2D eigenvalue weighted by Crippen LogP contribution is 2.29. The van der Waals surface area contributed by atoms with Crippen LogP contribution < -0.4 is 5.32 Å². The molecule has 1 heterocycles. The molecule has 0 fully saturated rings. The molecule has 0 bridgehead atoms. The Hall–Kier alpha value is -2.96. The van der Waals surface area contributed by atoms with Crippen molar-refractivity contribution in [1.29, 1.82) is 0 Å². The van der Waals surface area contributed by atoms with Gasteiger partial charge in [0.15, 0.2) is 0 Å². The molecular formula is C23H27N3O3. The van der Waals surface area contributed by atoms with Crippen LogP contribution in [0.5, 0.6) is 0 Å². The van der Waals surface area contributed by atoms with E-state index < -0.39 is 5.54 Å². The van der Waals surface area contributed by atoms with Crippen LogP contribution in [-0.4, -0.2) is 42.6 Å². The predicted molar refractivity (Wildman–Crippen MR) is 112 cm³/mol. The van der Waals surface area contributed by atoms with Gasteiger partial charge in [-0.25, -0.2) is 0 Å². The maximum atomic E-state index is 13.2. The largest absolute Gasteiger partial charge is 0.382 e. The van der Waals surface area contributed by atoms with Crippen molar-refractivity contribution in [2.45, 2.75) is 19.0 Å². The average molecular weight is 393 g/mol. The molecule has 0 saturated carbocycles. The van der Waals surface area contributed by atoms with E-state index in [9.17, 15) is 4.79 Å². The molecule has 0 aliphatic rings. The Kier molecular flexibility index (Phi) is 7.16. The number of carbonyl (C=O) groups excluding carboxylic acids is 1. The fourth-order valence-electron chi connectivity index (χ4n) is 3.24. The van der Waals surface area contributed by atoms with Gasteiger partial charge in [-0.2, -0.15) is 5.10 Å². The zero-order valence-corrected chi connectivity index (χ0v) is 16.9. The number of ether oxygens (including phenoxy) is 2. The van der Waals surface area contributed by atoms with Gasteiger partial charge in [0.05, 0.1) is 31.9 Å². The lowest BCUT2D eigenvalue weighted by atomic mass is 9.84. The first-order chi connectivity index (χ1) is 14.1. The Morgan fingerprint density at radius 2 is 1.59 bits per heavy atom. The highest BCUT2D eigenvalue weighted by atomic mass is 16.5. The van der Waals surface area contributed by atoms with Crippen LogP contribution in [0.3, 0.4) is 0 Å². The number of aromatic nitrogens is 2. The Labute approximate surface area is 171 Å². The molecule has 0 radical (unpaired) electrons. The lowest BCUT2D eigenvalue weighted by Gasteiger charge is -2.32. The van der Waals surface area contributed by atoms with Crippen molar-refractivity contribution in [3.05, 3.63) is 89.7 Å². The Morgan fingerprint density at radius 1 is 0.966 bits per heavy atom. The summed E-state index contributed by atoms with van der Waals surface area (Å²) in [5.74, 6) is -0.186. The molecule has 0 saturated heterocycles. The SMILES string of the molecule is COCCOCCn1nccc1C(=O)NC(C)(c1ccccc1)c1ccccc1. The second-order valence-electron chi connectivity index (χ2n) is 6.86. The molecule has 0 aliphatic heterocycles. The summed E-state index contributed by atoms with van der Waals surface area (Å²) in [5, 5.41) is 7.49. The van der Waals surface area contributed by atoms with Crippen LogP contribution in [-0.2, 0) is 21.6 Å². The van der Waals surface area contributed by atoms with E-state index in [0.717, 1.165) is 11.1 Å². The molecule has 6 heteroatoms. The topological polar surface area (TPSA) is 65.4 Å². The first kappa shape index (κ1) is 20.8. The lowest BCUT2D eigenvalue weighted by Crippen LogP contribution is -2.45. The molecule has 0 aliphatic carbocycles. The maximum Gasteiger partial charge on any atom is 0.270 e. The van der Waals surface area contributed by atoms with Gasteiger partial charge in [-0.05, 0) is 24.1 Å². The molecule has 0 spiro atoms. The smallest absolute Gasteiger partial charge is 0.270 e. The Balaban J connectivity index is 1.79. The summed E-state index contributed by atoms with van der Waals surface area (Å²) in [6.45, 7) is 4.02. The molecule has 3 aromatic rings. The van der Waals surface area contributed by atoms with Crippen LogP contribution >= 0.6 is 0 Å². The number of nitrogens with zero attached hydrogens (tertiary/aromatic N) is 2. The average Bonchev–Trinajstić information content (AvgIpc) is 3.23. The van der Waals surface area contributed by atoms with Gasteiger partial charge in [-0.3, -0.25) is 9.48 Å². The minimum absolute atomic E-state index is 0.186. The van der Waals surface area contributed by atoms with Crippen LogP contribution in [0.4, 0.5) is 0 Å². The zero-order valence-electron chi connectivity index (χ0n) is 16.9. The number of nitrogens with one attached hydrogen (secondary N) is 1. The molecule has 0 unspecified atom stereocenters. The quantitative estimate of drug-likeness (QED) is 0.537. The van der Waals surface area contributed by atoms with Crippen molar-refractivity contribution < 1.29 is 14.3 Å². The van der Waals surface area contributed by atoms with E-state index >= 15 is 0 Å². The summed E-state index contributed by atoms with van der Waals surface area (Å²) in [5.41, 5.74) is 1.84. The van der Waals surface area contributed by atoms with Crippen molar-refractivity contribution in [2.75, 3.05) is 26.9 Å². The van der Waals surface area contributed by atoms with Crippen LogP contribution in [0, 0.1) is 0 Å². The van der Waals surface area contributed by atoms with Gasteiger partial charge in [-0.1, -0.05) is 60.7 Å². The summed E-state index contributed by atoms with van der Waals surface area (Å²) in [4.78, 5) is 13.2. The predicted octanol–water partition coefficient (Wildman–Crippen LogP) is 3.24. The molecule has 152 valence electrons. The Bertz CT molecular complexity index is 855. The van der Waals surface area contributed by atoms with Crippen LogP contribution in [0.2, 0.25) is 0 Å². The summed E-state index contributed by atoms with van der Waals surface area (Å²) < 4.78 is 12.1. The first-order valence-electron chi connectivity index (χ1n) is 9.67. The number of carbonyl (C=O) groups is 1. The number of hydrogen-bond acceptors (Lipinski definition) is 4. The van der Waals surface area contributed by atoms with Crippen molar-refractivity contribution >= 4 is 5.91 Å². The zero-order chi connectivity index (χ0) is 20.5. The molecule has 0 atom stereocenters. The fourth-order valence-corrected chi connectivity index (χ4v) is 3.24. The van der Waals surface area contributed by atoms with Gasteiger partial charge < -0.3 is 14.8 Å². The van der Waals surface area contributed by atoms with E-state index in [1.54, 1.807) is 24.1 Å². The maximum absolute atomic E-state index is 13.2. The van der Waals surface area contributed by atoms with E-state index in [-0.39, 0.29) is 5.91 Å². The monoisotopic (exact) mass is 393 g/mol. The number of benzene rings is 2. The van der Waals surface area contributed by atoms with E-state index in [1.807, 2.05) is 67.6 Å².